The van der Waals surface area contributed by atoms with Crippen LogP contribution in [0.1, 0.15) is 19.4 Å². The molecule has 3 rings (SSSR count). The molecule has 0 bridgehead atoms. The Morgan fingerprint density at radius 2 is 1.82 bits per heavy atom. The van der Waals surface area contributed by atoms with E-state index in [9.17, 15) is 39.9 Å². The number of nitrogens with one attached hydrogen (secondary N) is 1. The van der Waals surface area contributed by atoms with Crippen LogP contribution in [-0.2, 0) is 15.7 Å². The van der Waals surface area contributed by atoms with E-state index in [1.807, 2.05) is 0 Å². The molecule has 1 N–H and O–H groups in total. The average molecular weight is 485 g/mol. The summed E-state index contributed by atoms with van der Waals surface area (Å²) in [5.41, 5.74) is -2.95. The van der Waals surface area contributed by atoms with Gasteiger partial charge in [0.1, 0.15) is 29.9 Å². The molecule has 180 valence electrons. The lowest BCUT2D eigenvalue weighted by Crippen LogP contribution is -2.65. The number of halogens is 8. The van der Waals surface area contributed by atoms with E-state index in [1.54, 1.807) is 0 Å². The number of anilines is 1. The van der Waals surface area contributed by atoms with Gasteiger partial charge in [0.05, 0.1) is 11.6 Å². The van der Waals surface area contributed by atoms with Crippen molar-refractivity contribution in [3.63, 3.8) is 0 Å². The monoisotopic (exact) mass is 485 g/mol. The number of nitrogens with zero attached hydrogens (tertiary/aromatic N) is 4. The maximum absolute atomic E-state index is 14.8. The molecule has 1 amide bonds. The number of hydrogen-bond acceptors (Lipinski definition) is 6. The van der Waals surface area contributed by atoms with E-state index in [4.69, 9.17) is 0 Å². The van der Waals surface area contributed by atoms with Gasteiger partial charge in [-0.15, -0.1) is 13.2 Å². The van der Waals surface area contributed by atoms with Gasteiger partial charge in [0.25, 0.3) is 0 Å². The molecule has 2 aromatic rings. The maximum atomic E-state index is 14.8. The summed E-state index contributed by atoms with van der Waals surface area (Å²) in [4.78, 5) is 23.9. The van der Waals surface area contributed by atoms with Crippen molar-refractivity contribution in [2.75, 3.05) is 11.9 Å². The van der Waals surface area contributed by atoms with Gasteiger partial charge in [-0.1, -0.05) is 0 Å². The molecule has 0 aliphatic carbocycles. The predicted molar refractivity (Wildman–Crippen MR) is 95.4 cm³/mol. The first-order chi connectivity index (χ1) is 15.2. The standard InChI is InChI=1S/C18H15F8N5O2/c1-7(16(32)31-5-11(8(31)2)33-18(24,25)26)30-15-12(20)14(28-6-29-15)13-10(19)3-9(4-27-13)17(21,22)23/h3-4,6-8,11H,5H2,1-2H3,(H,28,29,30)/t7-,8+,11+/m1/s1. The van der Waals surface area contributed by atoms with E-state index in [0.717, 1.165) is 11.2 Å². The zero-order valence-electron chi connectivity index (χ0n) is 16.8. The molecule has 1 aliphatic rings. The Labute approximate surface area is 180 Å². The van der Waals surface area contributed by atoms with Crippen molar-refractivity contribution >= 4 is 11.7 Å². The topological polar surface area (TPSA) is 80.2 Å². The van der Waals surface area contributed by atoms with Gasteiger partial charge < -0.3 is 10.2 Å². The number of aromatic nitrogens is 3. The molecule has 1 saturated heterocycles. The van der Waals surface area contributed by atoms with Crippen LogP contribution in [0.5, 0.6) is 0 Å². The molecule has 1 aliphatic heterocycles. The highest BCUT2D eigenvalue weighted by molar-refractivity contribution is 5.85. The second-order valence-corrected chi connectivity index (χ2v) is 7.14. The number of amides is 1. The van der Waals surface area contributed by atoms with Gasteiger partial charge in [-0.25, -0.2) is 18.7 Å². The molecule has 0 unspecified atom stereocenters. The van der Waals surface area contributed by atoms with Crippen LogP contribution in [0.25, 0.3) is 11.4 Å². The Morgan fingerprint density at radius 1 is 1.15 bits per heavy atom. The average Bonchev–Trinajstić information content (AvgIpc) is 2.70. The van der Waals surface area contributed by atoms with Gasteiger partial charge in [0.15, 0.2) is 17.5 Å². The van der Waals surface area contributed by atoms with Crippen molar-refractivity contribution in [1.82, 2.24) is 19.9 Å². The van der Waals surface area contributed by atoms with Crippen molar-refractivity contribution in [3.05, 3.63) is 35.8 Å². The number of alkyl halides is 6. The fourth-order valence-electron chi connectivity index (χ4n) is 3.09. The third kappa shape index (κ3) is 5.29. The number of ether oxygens (including phenoxy) is 1. The molecule has 0 aromatic carbocycles. The summed E-state index contributed by atoms with van der Waals surface area (Å²) in [7, 11) is 0. The number of carbonyl (C=O) groups excluding carboxylic acids is 1. The zero-order chi connectivity index (χ0) is 24.7. The summed E-state index contributed by atoms with van der Waals surface area (Å²) < 4.78 is 108. The minimum atomic E-state index is -4.86. The van der Waals surface area contributed by atoms with Crippen molar-refractivity contribution in [2.45, 2.75) is 44.6 Å². The Bertz CT molecular complexity index is 1050. The molecule has 0 spiro atoms. The van der Waals surface area contributed by atoms with E-state index < -0.39 is 71.0 Å². The summed E-state index contributed by atoms with van der Waals surface area (Å²) in [6, 6.07) is -1.95. The third-order valence-electron chi connectivity index (χ3n) is 4.88. The van der Waals surface area contributed by atoms with Crippen molar-refractivity contribution in [1.29, 1.82) is 0 Å². The van der Waals surface area contributed by atoms with Crippen LogP contribution in [0.15, 0.2) is 18.6 Å². The zero-order valence-corrected chi connectivity index (χ0v) is 16.8. The molecule has 3 heterocycles. The second-order valence-electron chi connectivity index (χ2n) is 7.14. The quantitative estimate of drug-likeness (QED) is 0.650. The molecule has 15 heteroatoms. The highest BCUT2D eigenvalue weighted by Gasteiger charge is 2.46. The highest BCUT2D eigenvalue weighted by atomic mass is 19.4. The van der Waals surface area contributed by atoms with Crippen LogP contribution in [0.4, 0.5) is 40.9 Å². The van der Waals surface area contributed by atoms with Crippen molar-refractivity contribution in [2.24, 2.45) is 0 Å². The Hall–Kier alpha value is -3.10. The van der Waals surface area contributed by atoms with Crippen LogP contribution >= 0.6 is 0 Å². The summed E-state index contributed by atoms with van der Waals surface area (Å²) in [6.07, 6.45) is -9.89. The first-order valence-electron chi connectivity index (χ1n) is 9.24. The minimum Gasteiger partial charge on any atom is -0.356 e. The summed E-state index contributed by atoms with van der Waals surface area (Å²) in [5, 5.41) is 2.40. The van der Waals surface area contributed by atoms with Gasteiger partial charge in [0, 0.05) is 12.7 Å². The summed E-state index contributed by atoms with van der Waals surface area (Å²) in [5.74, 6) is -4.05. The normalized spacial score (nSPS) is 19.8. The van der Waals surface area contributed by atoms with E-state index >= 15 is 0 Å². The Balaban J connectivity index is 1.75. The van der Waals surface area contributed by atoms with Crippen LogP contribution in [0.2, 0.25) is 0 Å². The molecule has 0 saturated carbocycles. The molecule has 7 nitrogen and oxygen atoms in total. The SMILES string of the molecule is C[C@@H](Nc1ncnc(-c2ncc(C(F)(F)F)cc2F)c1F)C(=O)N1C[C@H](OC(F)(F)F)[C@@H]1C. The second kappa shape index (κ2) is 8.68. The van der Waals surface area contributed by atoms with Crippen LogP contribution < -0.4 is 5.32 Å². The molecular weight excluding hydrogens is 470 g/mol. The highest BCUT2D eigenvalue weighted by Crippen LogP contribution is 2.33. The Kier molecular flexibility index (Phi) is 6.46. The molecule has 2 aromatic heterocycles. The van der Waals surface area contributed by atoms with Crippen LogP contribution in [0, 0.1) is 11.6 Å². The molecule has 3 atom stereocenters. The fourth-order valence-corrected chi connectivity index (χ4v) is 3.09. The van der Waals surface area contributed by atoms with Gasteiger partial charge in [-0.05, 0) is 19.9 Å². The lowest BCUT2D eigenvalue weighted by Gasteiger charge is -2.46. The molecule has 33 heavy (non-hydrogen) atoms. The number of likely N-dealkylation sites (tertiary alicyclic amines) is 1. The largest absolute Gasteiger partial charge is 0.522 e. The lowest BCUT2D eigenvalue weighted by molar-refractivity contribution is -0.359. The van der Waals surface area contributed by atoms with Gasteiger partial charge in [-0.3, -0.25) is 14.5 Å². The van der Waals surface area contributed by atoms with Gasteiger partial charge in [-0.2, -0.15) is 13.2 Å². The Morgan fingerprint density at radius 3 is 2.36 bits per heavy atom. The first-order valence-corrected chi connectivity index (χ1v) is 9.24. The molecular formula is C18H15F8N5O2. The van der Waals surface area contributed by atoms with Crippen molar-refractivity contribution < 1.29 is 44.7 Å². The van der Waals surface area contributed by atoms with Crippen LogP contribution in [-0.4, -0.2) is 56.9 Å². The van der Waals surface area contributed by atoms with Crippen LogP contribution in [0.3, 0.4) is 0 Å². The molecule has 0 radical (unpaired) electrons. The molecule has 1 fully saturated rings. The summed E-state index contributed by atoms with van der Waals surface area (Å²) in [6.45, 7) is 2.28. The number of carbonyl (C=O) groups is 1. The third-order valence-corrected chi connectivity index (χ3v) is 4.88. The number of pyridine rings is 1. The predicted octanol–water partition coefficient (Wildman–Crippen LogP) is 3.77. The minimum absolute atomic E-state index is 0.133. The van der Waals surface area contributed by atoms with E-state index in [2.05, 4.69) is 25.0 Å². The smallest absolute Gasteiger partial charge is 0.356 e. The van der Waals surface area contributed by atoms with Gasteiger partial charge >= 0.3 is 12.5 Å². The fraction of sp³-hybridized carbons (Fsp3) is 0.444. The number of rotatable bonds is 5. The first kappa shape index (κ1) is 24.5. The van der Waals surface area contributed by atoms with E-state index in [-0.39, 0.29) is 12.6 Å². The summed E-state index contributed by atoms with van der Waals surface area (Å²) >= 11 is 0. The lowest BCUT2D eigenvalue weighted by atomic mass is 10.00. The van der Waals surface area contributed by atoms with Gasteiger partial charge in [0.2, 0.25) is 5.91 Å². The number of hydrogen-bond donors (Lipinski definition) is 1. The van der Waals surface area contributed by atoms with E-state index in [0.29, 0.717) is 6.20 Å². The van der Waals surface area contributed by atoms with E-state index in [1.165, 1.54) is 13.8 Å². The maximum Gasteiger partial charge on any atom is 0.522 e. The van der Waals surface area contributed by atoms with Crippen molar-refractivity contribution in [3.8, 4) is 11.4 Å².